The number of esters is 1. The van der Waals surface area contributed by atoms with Gasteiger partial charge in [-0.2, -0.15) is 0 Å². The molecule has 0 aliphatic rings. The molecule has 0 amide bonds. The summed E-state index contributed by atoms with van der Waals surface area (Å²) in [6.45, 7) is -0.137. The maximum Gasteiger partial charge on any atom is 0.344 e. The second kappa shape index (κ2) is 6.49. The van der Waals surface area contributed by atoms with Crippen LogP contribution in [-0.2, 0) is 18.4 Å². The van der Waals surface area contributed by atoms with Crippen molar-refractivity contribution in [2.75, 3.05) is 0 Å². The number of hydrogen-bond acceptors (Lipinski definition) is 5. The molecular formula is C17H13FN2O4. The Morgan fingerprint density at radius 1 is 1.29 bits per heavy atom. The van der Waals surface area contributed by atoms with E-state index in [2.05, 4.69) is 5.16 Å². The lowest BCUT2D eigenvalue weighted by Gasteiger charge is -2.03. The van der Waals surface area contributed by atoms with E-state index in [0.29, 0.717) is 17.0 Å². The fourth-order valence-electron chi connectivity index (χ4n) is 2.10. The number of halogens is 1. The van der Waals surface area contributed by atoms with Gasteiger partial charge in [0.15, 0.2) is 5.76 Å². The summed E-state index contributed by atoms with van der Waals surface area (Å²) in [5, 5.41) is 3.79. The molecule has 0 radical (unpaired) electrons. The Bertz CT molecular complexity index is 928. The highest BCUT2D eigenvalue weighted by molar-refractivity contribution is 5.88. The van der Waals surface area contributed by atoms with Crippen LogP contribution in [-0.4, -0.2) is 15.7 Å². The monoisotopic (exact) mass is 328 g/mol. The molecule has 2 aromatic heterocycles. The van der Waals surface area contributed by atoms with E-state index in [1.165, 1.54) is 22.8 Å². The van der Waals surface area contributed by atoms with E-state index in [0.717, 1.165) is 0 Å². The first kappa shape index (κ1) is 15.7. The van der Waals surface area contributed by atoms with Crippen molar-refractivity contribution < 1.29 is 18.4 Å². The second-order valence-corrected chi connectivity index (χ2v) is 5.10. The minimum absolute atomic E-state index is 0.0535. The number of carbonyl (C=O) groups excluding carboxylic acids is 1. The summed E-state index contributed by atoms with van der Waals surface area (Å²) in [4.78, 5) is 23.8. The number of ether oxygens (including phenoxy) is 1. The smallest absolute Gasteiger partial charge is 0.344 e. The van der Waals surface area contributed by atoms with Crippen LogP contribution in [0.2, 0.25) is 0 Å². The van der Waals surface area contributed by atoms with Gasteiger partial charge < -0.3 is 13.8 Å². The van der Waals surface area contributed by atoms with Crippen LogP contribution in [0.25, 0.3) is 11.3 Å². The molecule has 0 N–H and O–H groups in total. The molecule has 6 nitrogen and oxygen atoms in total. The van der Waals surface area contributed by atoms with Crippen molar-refractivity contribution in [3.8, 4) is 11.3 Å². The number of aryl methyl sites for hydroxylation is 1. The largest absolute Gasteiger partial charge is 0.455 e. The van der Waals surface area contributed by atoms with E-state index in [1.54, 1.807) is 37.5 Å². The van der Waals surface area contributed by atoms with E-state index in [-0.39, 0.29) is 18.0 Å². The standard InChI is InChI=1S/C17H13FN2O4/c1-20-8-2-3-14(16(20)21)17(22)23-10-13-9-15(24-19-13)11-4-6-12(18)7-5-11/h2-9H,10H2,1H3. The van der Waals surface area contributed by atoms with Gasteiger partial charge in [-0.15, -0.1) is 0 Å². The van der Waals surface area contributed by atoms with E-state index in [1.807, 2.05) is 0 Å². The van der Waals surface area contributed by atoms with Crippen molar-refractivity contribution in [1.29, 1.82) is 0 Å². The zero-order chi connectivity index (χ0) is 17.1. The molecule has 3 rings (SSSR count). The molecule has 122 valence electrons. The number of rotatable bonds is 4. The van der Waals surface area contributed by atoms with Gasteiger partial charge in [-0.1, -0.05) is 5.16 Å². The Labute approximate surface area is 136 Å². The van der Waals surface area contributed by atoms with Crippen molar-refractivity contribution in [1.82, 2.24) is 9.72 Å². The minimum atomic E-state index is -0.734. The molecule has 0 spiro atoms. The Hall–Kier alpha value is -3.22. The maximum atomic E-state index is 12.9. The molecule has 0 bridgehead atoms. The molecule has 2 heterocycles. The average Bonchev–Trinajstić information content (AvgIpc) is 3.05. The van der Waals surface area contributed by atoms with Crippen molar-refractivity contribution in [3.05, 3.63) is 76.1 Å². The molecule has 0 fully saturated rings. The van der Waals surface area contributed by atoms with Crippen LogP contribution in [0.15, 0.2) is 58.0 Å². The van der Waals surface area contributed by atoms with Gasteiger partial charge in [-0.05, 0) is 36.4 Å². The maximum absolute atomic E-state index is 12.9. The Kier molecular flexibility index (Phi) is 4.24. The highest BCUT2D eigenvalue weighted by Crippen LogP contribution is 2.21. The van der Waals surface area contributed by atoms with Crippen LogP contribution in [0, 0.1) is 5.82 Å². The van der Waals surface area contributed by atoms with Gasteiger partial charge in [0.1, 0.15) is 23.7 Å². The number of carbonyl (C=O) groups is 1. The van der Waals surface area contributed by atoms with Gasteiger partial charge in [-0.25, -0.2) is 9.18 Å². The van der Waals surface area contributed by atoms with Gasteiger partial charge in [0.05, 0.1) is 0 Å². The summed E-state index contributed by atoms with van der Waals surface area (Å²) in [6.07, 6.45) is 1.55. The van der Waals surface area contributed by atoms with E-state index >= 15 is 0 Å². The van der Waals surface area contributed by atoms with Gasteiger partial charge in [0, 0.05) is 24.9 Å². The number of aromatic nitrogens is 2. The lowest BCUT2D eigenvalue weighted by molar-refractivity contribution is 0.0461. The Morgan fingerprint density at radius 2 is 2.04 bits per heavy atom. The van der Waals surface area contributed by atoms with Crippen LogP contribution in [0.5, 0.6) is 0 Å². The summed E-state index contributed by atoms with van der Waals surface area (Å²) < 4.78 is 24.4. The third-order valence-electron chi connectivity index (χ3n) is 3.38. The Morgan fingerprint density at radius 3 is 2.79 bits per heavy atom. The van der Waals surface area contributed by atoms with Gasteiger partial charge >= 0.3 is 5.97 Å². The van der Waals surface area contributed by atoms with Crippen LogP contribution in [0.1, 0.15) is 16.1 Å². The van der Waals surface area contributed by atoms with Crippen molar-refractivity contribution in [3.63, 3.8) is 0 Å². The topological polar surface area (TPSA) is 74.3 Å². The predicted molar refractivity (Wildman–Crippen MR) is 82.7 cm³/mol. The van der Waals surface area contributed by atoms with Crippen LogP contribution in [0.3, 0.4) is 0 Å². The summed E-state index contributed by atoms with van der Waals surface area (Å²) >= 11 is 0. The zero-order valence-corrected chi connectivity index (χ0v) is 12.7. The lowest BCUT2D eigenvalue weighted by Crippen LogP contribution is -2.24. The first-order valence-electron chi connectivity index (χ1n) is 7.09. The molecule has 1 aromatic carbocycles. The highest BCUT2D eigenvalue weighted by Gasteiger charge is 2.14. The third-order valence-corrected chi connectivity index (χ3v) is 3.38. The van der Waals surface area contributed by atoms with Gasteiger partial charge in [0.25, 0.3) is 5.56 Å². The van der Waals surface area contributed by atoms with Crippen LogP contribution < -0.4 is 5.56 Å². The molecule has 0 saturated carbocycles. The first-order valence-corrected chi connectivity index (χ1v) is 7.09. The number of pyridine rings is 1. The molecule has 0 saturated heterocycles. The highest BCUT2D eigenvalue weighted by atomic mass is 19.1. The molecule has 0 unspecified atom stereocenters. The molecule has 3 aromatic rings. The average molecular weight is 328 g/mol. The molecule has 0 atom stereocenters. The summed E-state index contributed by atoms with van der Waals surface area (Å²) in [5.41, 5.74) is 0.547. The predicted octanol–water partition coefficient (Wildman–Crippen LogP) is 2.54. The summed E-state index contributed by atoms with van der Waals surface area (Å²) in [5.74, 6) is -0.656. The molecule has 7 heteroatoms. The lowest BCUT2D eigenvalue weighted by atomic mass is 10.1. The van der Waals surface area contributed by atoms with E-state index in [9.17, 15) is 14.0 Å². The van der Waals surface area contributed by atoms with E-state index in [4.69, 9.17) is 9.26 Å². The number of hydrogen-bond donors (Lipinski definition) is 0. The van der Waals surface area contributed by atoms with Crippen LogP contribution >= 0.6 is 0 Å². The molecule has 0 aliphatic heterocycles. The Balaban J connectivity index is 1.69. The normalized spacial score (nSPS) is 10.6. The van der Waals surface area contributed by atoms with Crippen molar-refractivity contribution in [2.45, 2.75) is 6.61 Å². The quantitative estimate of drug-likeness (QED) is 0.688. The first-order chi connectivity index (χ1) is 11.5. The van der Waals surface area contributed by atoms with E-state index < -0.39 is 11.5 Å². The molecule has 0 aliphatic carbocycles. The summed E-state index contributed by atoms with van der Waals surface area (Å²) in [6, 6.07) is 10.3. The molecular weight excluding hydrogens is 315 g/mol. The summed E-state index contributed by atoms with van der Waals surface area (Å²) in [7, 11) is 1.55. The van der Waals surface area contributed by atoms with Gasteiger partial charge in [-0.3, -0.25) is 4.79 Å². The van der Waals surface area contributed by atoms with Gasteiger partial charge in [0.2, 0.25) is 0 Å². The van der Waals surface area contributed by atoms with Crippen molar-refractivity contribution in [2.24, 2.45) is 7.05 Å². The number of nitrogens with zero attached hydrogens (tertiary/aromatic N) is 2. The van der Waals surface area contributed by atoms with Crippen LogP contribution in [0.4, 0.5) is 4.39 Å². The zero-order valence-electron chi connectivity index (χ0n) is 12.7. The third kappa shape index (κ3) is 3.24. The SMILES string of the molecule is Cn1cccc(C(=O)OCc2cc(-c3ccc(F)cc3)on2)c1=O. The van der Waals surface area contributed by atoms with Crippen molar-refractivity contribution >= 4 is 5.97 Å². The number of benzene rings is 1. The fraction of sp³-hybridized carbons (Fsp3) is 0.118. The fourth-order valence-corrected chi connectivity index (χ4v) is 2.10. The second-order valence-electron chi connectivity index (χ2n) is 5.10. The minimum Gasteiger partial charge on any atom is -0.455 e. The molecule has 24 heavy (non-hydrogen) atoms.